The Morgan fingerprint density at radius 1 is 1.32 bits per heavy atom. The minimum atomic E-state index is 0.341. The number of aryl methyl sites for hydroxylation is 2. The third-order valence-electron chi connectivity index (χ3n) is 5.36. The molecule has 2 bridgehead atoms. The van der Waals surface area contributed by atoms with Gasteiger partial charge in [0.2, 0.25) is 0 Å². The summed E-state index contributed by atoms with van der Waals surface area (Å²) in [6.45, 7) is 0. The van der Waals surface area contributed by atoms with Crippen molar-refractivity contribution in [2.45, 2.75) is 56.7 Å². The van der Waals surface area contributed by atoms with Gasteiger partial charge >= 0.3 is 0 Å². The van der Waals surface area contributed by atoms with Crippen LogP contribution >= 0.6 is 0 Å². The Labute approximate surface area is 116 Å². The van der Waals surface area contributed by atoms with Crippen LogP contribution in [0.15, 0.2) is 12.4 Å². The van der Waals surface area contributed by atoms with Crippen LogP contribution in [0.2, 0.25) is 0 Å². The monoisotopic (exact) mass is 262 g/mol. The summed E-state index contributed by atoms with van der Waals surface area (Å²) in [5, 5.41) is 0. The third-order valence-corrected chi connectivity index (χ3v) is 5.36. The highest BCUT2D eigenvalue weighted by Gasteiger charge is 2.39. The van der Waals surface area contributed by atoms with Gasteiger partial charge in [-0.2, -0.15) is 0 Å². The quantitative estimate of drug-likeness (QED) is 0.895. The Kier molecular flexibility index (Phi) is 3.63. The predicted molar refractivity (Wildman–Crippen MR) is 76.8 cm³/mol. The molecule has 4 nitrogen and oxygen atoms in total. The van der Waals surface area contributed by atoms with E-state index in [0.717, 1.165) is 30.7 Å². The molecule has 2 saturated heterocycles. The third kappa shape index (κ3) is 2.56. The van der Waals surface area contributed by atoms with Gasteiger partial charge < -0.3 is 15.2 Å². The predicted octanol–water partition coefficient (Wildman–Crippen LogP) is 1.55. The van der Waals surface area contributed by atoms with E-state index in [2.05, 4.69) is 28.5 Å². The normalized spacial score (nSPS) is 32.7. The molecule has 0 aliphatic carbocycles. The fourth-order valence-corrected chi connectivity index (χ4v) is 3.97. The van der Waals surface area contributed by atoms with Gasteiger partial charge in [-0.3, -0.25) is 0 Å². The summed E-state index contributed by atoms with van der Waals surface area (Å²) in [4.78, 5) is 6.97. The van der Waals surface area contributed by atoms with Crippen LogP contribution in [0.25, 0.3) is 0 Å². The first kappa shape index (κ1) is 13.1. The maximum absolute atomic E-state index is 6.46. The van der Waals surface area contributed by atoms with E-state index in [4.69, 9.17) is 5.73 Å². The first-order valence-electron chi connectivity index (χ1n) is 7.59. The lowest BCUT2D eigenvalue weighted by atomic mass is 9.84. The average molecular weight is 262 g/mol. The summed E-state index contributed by atoms with van der Waals surface area (Å²) in [5.41, 5.74) is 6.46. The van der Waals surface area contributed by atoms with Crippen LogP contribution in [-0.2, 0) is 13.5 Å². The number of piperidine rings is 1. The summed E-state index contributed by atoms with van der Waals surface area (Å²) in [7, 11) is 4.35. The minimum absolute atomic E-state index is 0.341. The van der Waals surface area contributed by atoms with Crippen molar-refractivity contribution in [1.29, 1.82) is 0 Å². The van der Waals surface area contributed by atoms with Gasteiger partial charge in [0.25, 0.3) is 0 Å². The van der Waals surface area contributed by atoms with Crippen LogP contribution in [0.5, 0.6) is 0 Å². The molecule has 3 atom stereocenters. The molecule has 3 rings (SSSR count). The van der Waals surface area contributed by atoms with Crippen molar-refractivity contribution in [3.8, 4) is 0 Å². The van der Waals surface area contributed by atoms with Crippen molar-refractivity contribution in [3.63, 3.8) is 0 Å². The SMILES string of the molecule is CN1C2CCC1CC(C(N)CCc1nccn1C)C2. The summed E-state index contributed by atoms with van der Waals surface area (Å²) in [6.07, 6.45) is 11.3. The van der Waals surface area contributed by atoms with Crippen molar-refractivity contribution in [2.75, 3.05) is 7.05 Å². The molecule has 3 unspecified atom stereocenters. The van der Waals surface area contributed by atoms with Crippen LogP contribution in [0.4, 0.5) is 0 Å². The van der Waals surface area contributed by atoms with E-state index in [1.165, 1.54) is 25.7 Å². The topological polar surface area (TPSA) is 47.1 Å². The van der Waals surface area contributed by atoms with Gasteiger partial charge in [-0.15, -0.1) is 0 Å². The van der Waals surface area contributed by atoms with E-state index in [1.807, 2.05) is 12.4 Å². The van der Waals surface area contributed by atoms with Gasteiger partial charge in [0.15, 0.2) is 0 Å². The summed E-state index contributed by atoms with van der Waals surface area (Å²) in [5.74, 6) is 1.88. The first-order chi connectivity index (χ1) is 9.15. The van der Waals surface area contributed by atoms with Crippen LogP contribution in [-0.4, -0.2) is 39.6 Å². The maximum Gasteiger partial charge on any atom is 0.108 e. The molecule has 19 heavy (non-hydrogen) atoms. The highest BCUT2D eigenvalue weighted by molar-refractivity contribution is 4.97. The zero-order valence-electron chi connectivity index (χ0n) is 12.1. The first-order valence-corrected chi connectivity index (χ1v) is 7.59. The minimum Gasteiger partial charge on any atom is -0.338 e. The van der Waals surface area contributed by atoms with E-state index in [-0.39, 0.29) is 0 Å². The molecule has 4 heteroatoms. The highest BCUT2D eigenvalue weighted by Crippen LogP contribution is 2.38. The van der Waals surface area contributed by atoms with Crippen molar-refractivity contribution in [3.05, 3.63) is 18.2 Å². The molecular weight excluding hydrogens is 236 g/mol. The van der Waals surface area contributed by atoms with E-state index in [1.54, 1.807) is 0 Å². The Morgan fingerprint density at radius 2 is 2.00 bits per heavy atom. The molecule has 2 aliphatic rings. The lowest BCUT2D eigenvalue weighted by Gasteiger charge is -2.38. The van der Waals surface area contributed by atoms with Crippen LogP contribution < -0.4 is 5.73 Å². The standard InChI is InChI=1S/C15H26N4/c1-18-8-7-17-15(18)6-5-14(16)11-9-12-3-4-13(10-11)19(12)2/h7-8,11-14H,3-6,9-10,16H2,1-2H3. The maximum atomic E-state index is 6.46. The summed E-state index contributed by atoms with van der Waals surface area (Å²) in [6, 6.07) is 1.93. The molecule has 2 fully saturated rings. The fourth-order valence-electron chi connectivity index (χ4n) is 3.97. The number of aromatic nitrogens is 2. The molecule has 0 saturated carbocycles. The zero-order valence-corrected chi connectivity index (χ0v) is 12.1. The molecule has 0 aromatic carbocycles. The Balaban J connectivity index is 1.54. The molecular formula is C15H26N4. The van der Waals surface area contributed by atoms with Crippen molar-refractivity contribution in [2.24, 2.45) is 18.7 Å². The highest BCUT2D eigenvalue weighted by atomic mass is 15.2. The summed E-state index contributed by atoms with van der Waals surface area (Å²) < 4.78 is 2.10. The van der Waals surface area contributed by atoms with E-state index in [0.29, 0.717) is 12.0 Å². The van der Waals surface area contributed by atoms with Gasteiger partial charge in [0.1, 0.15) is 5.82 Å². The lowest BCUT2D eigenvalue weighted by Crippen LogP contribution is -2.45. The second-order valence-electron chi connectivity index (χ2n) is 6.44. The number of imidazole rings is 1. The van der Waals surface area contributed by atoms with Gasteiger partial charge in [-0.25, -0.2) is 4.98 Å². The molecule has 1 aromatic heterocycles. The fraction of sp³-hybridized carbons (Fsp3) is 0.800. The lowest BCUT2D eigenvalue weighted by molar-refractivity contribution is 0.119. The second-order valence-corrected chi connectivity index (χ2v) is 6.44. The molecule has 2 aliphatic heterocycles. The van der Waals surface area contributed by atoms with Crippen LogP contribution in [0.1, 0.15) is 37.9 Å². The van der Waals surface area contributed by atoms with Crippen molar-refractivity contribution >= 4 is 0 Å². The van der Waals surface area contributed by atoms with Crippen LogP contribution in [0, 0.1) is 5.92 Å². The Morgan fingerprint density at radius 3 is 2.58 bits per heavy atom. The summed E-state index contributed by atoms with van der Waals surface area (Å²) >= 11 is 0. The van der Waals surface area contributed by atoms with E-state index >= 15 is 0 Å². The van der Waals surface area contributed by atoms with E-state index in [9.17, 15) is 0 Å². The number of nitrogens with two attached hydrogens (primary N) is 1. The van der Waals surface area contributed by atoms with Gasteiger partial charge in [0.05, 0.1) is 0 Å². The molecule has 3 heterocycles. The van der Waals surface area contributed by atoms with Crippen molar-refractivity contribution in [1.82, 2.24) is 14.5 Å². The van der Waals surface area contributed by atoms with Gasteiger partial charge in [0, 0.05) is 44.0 Å². The number of rotatable bonds is 4. The van der Waals surface area contributed by atoms with Crippen LogP contribution in [0.3, 0.4) is 0 Å². The molecule has 106 valence electrons. The number of hydrogen-bond donors (Lipinski definition) is 1. The second kappa shape index (κ2) is 5.25. The molecule has 0 spiro atoms. The van der Waals surface area contributed by atoms with Gasteiger partial charge in [-0.1, -0.05) is 0 Å². The largest absolute Gasteiger partial charge is 0.338 e. The Bertz CT molecular complexity index is 414. The number of hydrogen-bond acceptors (Lipinski definition) is 3. The average Bonchev–Trinajstić information content (AvgIpc) is 2.87. The molecule has 0 radical (unpaired) electrons. The smallest absolute Gasteiger partial charge is 0.108 e. The van der Waals surface area contributed by atoms with Gasteiger partial charge in [-0.05, 0) is 45.1 Å². The zero-order chi connectivity index (χ0) is 13.4. The number of nitrogens with zero attached hydrogens (tertiary/aromatic N) is 3. The number of fused-ring (bicyclic) bond motifs is 2. The van der Waals surface area contributed by atoms with E-state index < -0.39 is 0 Å². The molecule has 2 N–H and O–H groups in total. The molecule has 1 aromatic rings. The van der Waals surface area contributed by atoms with Crippen molar-refractivity contribution < 1.29 is 0 Å². The Hall–Kier alpha value is -0.870. The molecule has 0 amide bonds.